The van der Waals surface area contributed by atoms with E-state index in [0.717, 1.165) is 29.8 Å². The normalized spacial score (nSPS) is 25.8. The van der Waals surface area contributed by atoms with Gasteiger partial charge in [0.15, 0.2) is 0 Å². The van der Waals surface area contributed by atoms with Crippen LogP contribution in [0.5, 0.6) is 0 Å². The highest BCUT2D eigenvalue weighted by Crippen LogP contribution is 2.27. The zero-order valence-corrected chi connectivity index (χ0v) is 12.8. The molecule has 1 aromatic rings. The fourth-order valence-electron chi connectivity index (χ4n) is 2.97. The highest BCUT2D eigenvalue weighted by molar-refractivity contribution is 7.85. The number of nitrogens with one attached hydrogen (secondary N) is 1. The molecule has 1 aromatic carbocycles. The smallest absolute Gasteiger partial charge is 0.0579 e. The van der Waals surface area contributed by atoms with Crippen LogP contribution in [0, 0.1) is 6.92 Å². The van der Waals surface area contributed by atoms with Crippen molar-refractivity contribution in [1.82, 2.24) is 5.32 Å². The lowest BCUT2D eigenvalue weighted by atomic mass is 10.1. The van der Waals surface area contributed by atoms with E-state index in [0.29, 0.717) is 6.04 Å². The monoisotopic (exact) mass is 279 g/mol. The Kier molecular flexibility index (Phi) is 5.59. The molecule has 0 heterocycles. The molecule has 0 aliphatic heterocycles. The van der Waals surface area contributed by atoms with E-state index in [-0.39, 0.29) is 5.25 Å². The number of hydrogen-bond acceptors (Lipinski definition) is 2. The molecule has 0 amide bonds. The van der Waals surface area contributed by atoms with Gasteiger partial charge >= 0.3 is 0 Å². The molecule has 3 unspecified atom stereocenters. The van der Waals surface area contributed by atoms with Crippen molar-refractivity contribution in [3.05, 3.63) is 29.8 Å². The molecular weight excluding hydrogens is 254 g/mol. The molecule has 1 N–H and O–H groups in total. The Labute approximate surface area is 119 Å². The second kappa shape index (κ2) is 7.20. The summed E-state index contributed by atoms with van der Waals surface area (Å²) in [5.74, 6) is 0. The van der Waals surface area contributed by atoms with E-state index in [4.69, 9.17) is 0 Å². The van der Waals surface area contributed by atoms with Crippen LogP contribution in [0.3, 0.4) is 0 Å². The van der Waals surface area contributed by atoms with Crippen molar-refractivity contribution in [2.24, 2.45) is 0 Å². The third kappa shape index (κ3) is 3.67. The number of benzene rings is 1. The summed E-state index contributed by atoms with van der Waals surface area (Å²) in [5, 5.41) is 3.82. The predicted molar refractivity (Wildman–Crippen MR) is 81.9 cm³/mol. The minimum absolute atomic E-state index is 0.267. The number of aryl methyl sites for hydroxylation is 1. The minimum atomic E-state index is -0.887. The van der Waals surface area contributed by atoms with Gasteiger partial charge in [-0.2, -0.15) is 0 Å². The van der Waals surface area contributed by atoms with E-state index >= 15 is 0 Å². The maximum absolute atomic E-state index is 12.9. The van der Waals surface area contributed by atoms with Crippen molar-refractivity contribution in [3.8, 4) is 0 Å². The van der Waals surface area contributed by atoms with Gasteiger partial charge in [-0.3, -0.25) is 4.21 Å². The Morgan fingerprint density at radius 3 is 2.68 bits per heavy atom. The molecule has 106 valence electrons. The lowest BCUT2D eigenvalue weighted by molar-refractivity contribution is 0.474. The third-order valence-corrected chi connectivity index (χ3v) is 6.01. The lowest BCUT2D eigenvalue weighted by Gasteiger charge is -2.25. The average Bonchev–Trinajstić information content (AvgIpc) is 2.64. The van der Waals surface area contributed by atoms with Crippen LogP contribution < -0.4 is 5.32 Å². The number of rotatable bonds is 4. The SMILES string of the molecule is CCNC1CCCCCC1S(=O)c1ccccc1C. The molecule has 1 aliphatic carbocycles. The summed E-state index contributed by atoms with van der Waals surface area (Å²) < 4.78 is 12.9. The fourth-order valence-corrected chi connectivity index (χ4v) is 4.81. The Morgan fingerprint density at radius 2 is 1.95 bits per heavy atom. The van der Waals surface area contributed by atoms with Gasteiger partial charge in [0.25, 0.3) is 0 Å². The molecule has 2 rings (SSSR count). The van der Waals surface area contributed by atoms with Gasteiger partial charge in [-0.05, 0) is 37.9 Å². The molecule has 1 saturated carbocycles. The molecule has 3 atom stereocenters. The molecule has 3 heteroatoms. The molecule has 1 aliphatic rings. The molecule has 19 heavy (non-hydrogen) atoms. The predicted octanol–water partition coefficient (Wildman–Crippen LogP) is 3.41. The van der Waals surface area contributed by atoms with Gasteiger partial charge in [0.1, 0.15) is 0 Å². The summed E-state index contributed by atoms with van der Waals surface area (Å²) in [6, 6.07) is 8.52. The van der Waals surface area contributed by atoms with Crippen LogP contribution in [-0.2, 0) is 10.8 Å². The molecule has 0 saturated heterocycles. The van der Waals surface area contributed by atoms with Gasteiger partial charge in [0.2, 0.25) is 0 Å². The van der Waals surface area contributed by atoms with E-state index < -0.39 is 10.8 Å². The molecule has 1 fully saturated rings. The van der Waals surface area contributed by atoms with Crippen molar-refractivity contribution in [1.29, 1.82) is 0 Å². The average molecular weight is 279 g/mol. The molecule has 2 nitrogen and oxygen atoms in total. The summed E-state index contributed by atoms with van der Waals surface area (Å²) >= 11 is 0. The van der Waals surface area contributed by atoms with Crippen molar-refractivity contribution >= 4 is 10.8 Å². The molecule has 0 bridgehead atoms. The molecule has 0 aromatic heterocycles. The Bertz CT molecular complexity index is 433. The Hall–Kier alpha value is -0.670. The maximum atomic E-state index is 12.9. The Balaban J connectivity index is 2.21. The van der Waals surface area contributed by atoms with E-state index in [1.165, 1.54) is 19.3 Å². The van der Waals surface area contributed by atoms with Gasteiger partial charge in [-0.15, -0.1) is 0 Å². The van der Waals surface area contributed by atoms with Gasteiger partial charge in [0.05, 0.1) is 16.0 Å². The Morgan fingerprint density at radius 1 is 1.21 bits per heavy atom. The second-order valence-corrected chi connectivity index (χ2v) is 7.04. The summed E-state index contributed by atoms with van der Waals surface area (Å²) in [6.45, 7) is 5.16. The highest BCUT2D eigenvalue weighted by atomic mass is 32.2. The van der Waals surface area contributed by atoms with Crippen LogP contribution in [0.15, 0.2) is 29.2 Å². The van der Waals surface area contributed by atoms with Gasteiger partial charge in [-0.25, -0.2) is 0 Å². The summed E-state index contributed by atoms with van der Waals surface area (Å²) in [5.41, 5.74) is 1.15. The quantitative estimate of drug-likeness (QED) is 0.856. The molecular formula is C16H25NOS. The maximum Gasteiger partial charge on any atom is 0.0579 e. The van der Waals surface area contributed by atoms with Gasteiger partial charge in [0, 0.05) is 10.9 Å². The minimum Gasteiger partial charge on any atom is -0.313 e. The van der Waals surface area contributed by atoms with Gasteiger partial charge < -0.3 is 5.32 Å². The van der Waals surface area contributed by atoms with E-state index in [1.807, 2.05) is 18.2 Å². The number of hydrogen-bond donors (Lipinski definition) is 1. The van der Waals surface area contributed by atoms with Crippen molar-refractivity contribution in [2.45, 2.75) is 62.1 Å². The van der Waals surface area contributed by atoms with Crippen molar-refractivity contribution < 1.29 is 4.21 Å². The van der Waals surface area contributed by atoms with Crippen LogP contribution in [0.25, 0.3) is 0 Å². The molecule has 0 radical (unpaired) electrons. The first-order valence-electron chi connectivity index (χ1n) is 7.43. The van der Waals surface area contributed by atoms with Crippen molar-refractivity contribution in [2.75, 3.05) is 6.54 Å². The van der Waals surface area contributed by atoms with Crippen LogP contribution in [0.4, 0.5) is 0 Å². The van der Waals surface area contributed by atoms with Crippen molar-refractivity contribution in [3.63, 3.8) is 0 Å². The van der Waals surface area contributed by atoms with E-state index in [1.54, 1.807) is 0 Å². The topological polar surface area (TPSA) is 29.1 Å². The first-order valence-corrected chi connectivity index (χ1v) is 8.65. The second-order valence-electron chi connectivity index (χ2n) is 5.40. The summed E-state index contributed by atoms with van der Waals surface area (Å²) in [7, 11) is -0.887. The lowest BCUT2D eigenvalue weighted by Crippen LogP contribution is -2.41. The zero-order chi connectivity index (χ0) is 13.7. The van der Waals surface area contributed by atoms with Crippen LogP contribution in [-0.4, -0.2) is 22.0 Å². The highest BCUT2D eigenvalue weighted by Gasteiger charge is 2.29. The van der Waals surface area contributed by atoms with Crippen LogP contribution in [0.2, 0.25) is 0 Å². The largest absolute Gasteiger partial charge is 0.313 e. The first kappa shape index (κ1) is 14.7. The zero-order valence-electron chi connectivity index (χ0n) is 12.0. The fraction of sp³-hybridized carbons (Fsp3) is 0.625. The third-order valence-electron chi connectivity index (χ3n) is 4.00. The molecule has 0 spiro atoms. The van der Waals surface area contributed by atoms with Crippen LogP contribution in [0.1, 0.15) is 44.6 Å². The first-order chi connectivity index (χ1) is 9.24. The van der Waals surface area contributed by atoms with Crippen LogP contribution >= 0.6 is 0 Å². The summed E-state index contributed by atoms with van der Waals surface area (Å²) in [6.07, 6.45) is 6.00. The summed E-state index contributed by atoms with van der Waals surface area (Å²) in [4.78, 5) is 1.03. The van der Waals surface area contributed by atoms with E-state index in [2.05, 4.69) is 25.2 Å². The van der Waals surface area contributed by atoms with Gasteiger partial charge in [-0.1, -0.05) is 44.4 Å². The standard InChI is InChI=1S/C16H25NOS/c1-3-17-14-10-5-4-6-12-16(14)19(18)15-11-8-7-9-13(15)2/h7-9,11,14,16-17H,3-6,10,12H2,1-2H3. The van der Waals surface area contributed by atoms with E-state index in [9.17, 15) is 4.21 Å².